The fraction of sp³-hybridized carbons (Fsp3) is 0.240. The maximum absolute atomic E-state index is 13.7. The number of carbonyl (C=O) groups excluding carboxylic acids is 1. The van der Waals surface area contributed by atoms with Gasteiger partial charge in [0.2, 0.25) is 0 Å². The Morgan fingerprint density at radius 2 is 2.00 bits per heavy atom. The molecule has 0 saturated heterocycles. The molecule has 2 heterocycles. The molecule has 1 atom stereocenters. The molecule has 0 fully saturated rings. The summed E-state index contributed by atoms with van der Waals surface area (Å²) in [6.07, 6.45) is 1.65. The average Bonchev–Trinajstić information content (AvgIpc) is 3.10. The van der Waals surface area contributed by atoms with Crippen molar-refractivity contribution in [1.29, 1.82) is 0 Å². The number of aromatic nitrogens is 1. The number of hydrogen-bond acceptors (Lipinski definition) is 7. The molecule has 0 aliphatic carbocycles. The van der Waals surface area contributed by atoms with Crippen LogP contribution in [0.4, 0.5) is 5.69 Å². The van der Waals surface area contributed by atoms with Gasteiger partial charge in [-0.25, -0.2) is 9.79 Å². The Labute approximate surface area is 228 Å². The number of benzene rings is 2. The Balaban J connectivity index is 1.96. The summed E-state index contributed by atoms with van der Waals surface area (Å²) in [7, 11) is 3.90. The zero-order valence-electron chi connectivity index (χ0n) is 19.5. The van der Waals surface area contributed by atoms with E-state index in [1.165, 1.54) is 11.3 Å². The predicted molar refractivity (Wildman–Crippen MR) is 150 cm³/mol. The van der Waals surface area contributed by atoms with E-state index >= 15 is 0 Å². The number of ether oxygens (including phenoxy) is 1. The highest BCUT2D eigenvalue weighted by Crippen LogP contribution is 2.32. The van der Waals surface area contributed by atoms with E-state index in [9.17, 15) is 14.7 Å². The Morgan fingerprint density at radius 3 is 2.63 bits per heavy atom. The van der Waals surface area contributed by atoms with Crippen molar-refractivity contribution in [2.75, 3.05) is 25.6 Å². The fourth-order valence-corrected chi connectivity index (χ4v) is 6.49. The van der Waals surface area contributed by atoms with Gasteiger partial charge in [0, 0.05) is 29.8 Å². The van der Waals surface area contributed by atoms with Crippen molar-refractivity contribution in [3.05, 3.63) is 86.5 Å². The lowest BCUT2D eigenvalue weighted by Gasteiger charge is -2.25. The number of nitrogens with zero attached hydrogens (tertiary/aromatic N) is 3. The van der Waals surface area contributed by atoms with Crippen LogP contribution in [-0.4, -0.2) is 36.3 Å². The van der Waals surface area contributed by atoms with Crippen LogP contribution >= 0.6 is 49.9 Å². The minimum atomic E-state index is -0.681. The third-order valence-corrected chi connectivity index (χ3v) is 7.85. The second kappa shape index (κ2) is 10.3. The number of carbonyl (C=O) groups is 1. The molecule has 7 nitrogen and oxygen atoms in total. The number of allylic oxidation sites excluding steroid dienone is 1. The van der Waals surface area contributed by atoms with E-state index in [1.807, 2.05) is 65.9 Å². The summed E-state index contributed by atoms with van der Waals surface area (Å²) >= 11 is 6.70. The summed E-state index contributed by atoms with van der Waals surface area (Å²) in [5.41, 5.74) is 2.85. The molecule has 0 amide bonds. The van der Waals surface area contributed by atoms with Crippen LogP contribution in [0, 0.1) is 3.57 Å². The summed E-state index contributed by atoms with van der Waals surface area (Å²) in [5.74, 6) is -0.400. The van der Waals surface area contributed by atoms with Crippen molar-refractivity contribution >= 4 is 67.6 Å². The maximum atomic E-state index is 13.7. The van der Waals surface area contributed by atoms with E-state index in [-0.39, 0.29) is 17.9 Å². The average molecular weight is 668 g/mol. The number of rotatable bonds is 5. The normalized spacial score (nSPS) is 15.6. The van der Waals surface area contributed by atoms with Crippen molar-refractivity contribution in [3.63, 3.8) is 0 Å². The zero-order chi connectivity index (χ0) is 25.4. The summed E-state index contributed by atoms with van der Waals surface area (Å²) in [6, 6.07) is 10.6. The largest absolute Gasteiger partial charge is 0.506 e. The van der Waals surface area contributed by atoms with E-state index in [0.29, 0.717) is 29.7 Å². The number of esters is 1. The number of thiazole rings is 1. The van der Waals surface area contributed by atoms with Crippen LogP contribution in [0.1, 0.15) is 31.0 Å². The van der Waals surface area contributed by atoms with Gasteiger partial charge in [0.15, 0.2) is 4.80 Å². The van der Waals surface area contributed by atoms with Gasteiger partial charge >= 0.3 is 5.97 Å². The van der Waals surface area contributed by atoms with E-state index in [1.54, 1.807) is 36.6 Å². The SMILES string of the molecule is CCOC(=O)C1=C(C)N=c2s/c(=C\c3cc(Br)cc(I)c3O)c(=O)n2[C@H]1c1ccc(N(C)C)cc1. The first-order valence-electron chi connectivity index (χ1n) is 10.8. The van der Waals surface area contributed by atoms with Gasteiger partial charge in [0.1, 0.15) is 5.75 Å². The predicted octanol–water partition coefficient (Wildman–Crippen LogP) is 3.94. The maximum Gasteiger partial charge on any atom is 0.338 e. The molecule has 2 aromatic carbocycles. The lowest BCUT2D eigenvalue weighted by Crippen LogP contribution is -2.39. The minimum Gasteiger partial charge on any atom is -0.506 e. The van der Waals surface area contributed by atoms with Crippen LogP contribution in [0.2, 0.25) is 0 Å². The molecule has 0 unspecified atom stereocenters. The Morgan fingerprint density at radius 1 is 1.31 bits per heavy atom. The molecule has 35 heavy (non-hydrogen) atoms. The van der Waals surface area contributed by atoms with Crippen molar-refractivity contribution in [1.82, 2.24) is 4.57 Å². The van der Waals surface area contributed by atoms with Crippen molar-refractivity contribution in [2.24, 2.45) is 4.99 Å². The topological polar surface area (TPSA) is 84.1 Å². The molecule has 0 bridgehead atoms. The molecule has 0 spiro atoms. The van der Waals surface area contributed by atoms with Gasteiger partial charge in [-0.2, -0.15) is 0 Å². The van der Waals surface area contributed by atoms with Crippen LogP contribution in [0.15, 0.2) is 61.9 Å². The second-order valence-electron chi connectivity index (χ2n) is 8.11. The molecule has 1 aliphatic heterocycles. The highest BCUT2D eigenvalue weighted by Gasteiger charge is 2.33. The van der Waals surface area contributed by atoms with Crippen LogP contribution in [-0.2, 0) is 9.53 Å². The van der Waals surface area contributed by atoms with Gasteiger partial charge in [-0.3, -0.25) is 9.36 Å². The van der Waals surface area contributed by atoms with Crippen LogP contribution < -0.4 is 19.8 Å². The number of halogens is 2. The molecule has 1 aromatic heterocycles. The molecule has 10 heteroatoms. The van der Waals surface area contributed by atoms with E-state index in [0.717, 1.165) is 15.7 Å². The van der Waals surface area contributed by atoms with Gasteiger partial charge in [0.05, 0.1) is 32.0 Å². The molecule has 0 saturated carbocycles. The number of fused-ring (bicyclic) bond motifs is 1. The lowest BCUT2D eigenvalue weighted by molar-refractivity contribution is -0.139. The third-order valence-electron chi connectivity index (χ3n) is 5.59. The van der Waals surface area contributed by atoms with Crippen molar-refractivity contribution in [3.8, 4) is 5.75 Å². The molecule has 1 aliphatic rings. The molecular weight excluding hydrogens is 645 g/mol. The Bertz CT molecular complexity index is 1520. The first-order chi connectivity index (χ1) is 16.6. The van der Waals surface area contributed by atoms with Crippen LogP contribution in [0.3, 0.4) is 0 Å². The Hall–Kier alpha value is -2.44. The summed E-state index contributed by atoms with van der Waals surface area (Å²) in [5, 5.41) is 10.5. The first-order valence-corrected chi connectivity index (χ1v) is 13.5. The third kappa shape index (κ3) is 4.96. The molecular formula is C25H23BrIN3O4S. The summed E-state index contributed by atoms with van der Waals surface area (Å²) in [6.45, 7) is 3.72. The smallest absolute Gasteiger partial charge is 0.338 e. The number of phenols is 1. The van der Waals surface area contributed by atoms with Gasteiger partial charge in [-0.15, -0.1) is 0 Å². The van der Waals surface area contributed by atoms with E-state index in [4.69, 9.17) is 4.74 Å². The van der Waals surface area contributed by atoms with Crippen LogP contribution in [0.5, 0.6) is 5.75 Å². The van der Waals surface area contributed by atoms with Crippen molar-refractivity contribution in [2.45, 2.75) is 19.9 Å². The van der Waals surface area contributed by atoms with Gasteiger partial charge in [-0.1, -0.05) is 39.4 Å². The fourth-order valence-electron chi connectivity index (χ4n) is 3.90. The number of aromatic hydroxyl groups is 1. The number of anilines is 1. The van der Waals surface area contributed by atoms with E-state index < -0.39 is 12.0 Å². The Kier molecular flexibility index (Phi) is 7.53. The van der Waals surface area contributed by atoms with Gasteiger partial charge < -0.3 is 14.7 Å². The molecule has 0 radical (unpaired) electrons. The van der Waals surface area contributed by atoms with Gasteiger partial charge in [-0.05, 0) is 72.3 Å². The first kappa shape index (κ1) is 25.6. The number of phenolic OH excluding ortho intramolecular Hbond substituents is 1. The monoisotopic (exact) mass is 667 g/mol. The molecule has 3 aromatic rings. The molecule has 4 rings (SSSR count). The molecule has 1 N–H and O–H groups in total. The van der Waals surface area contributed by atoms with Crippen LogP contribution in [0.25, 0.3) is 6.08 Å². The highest BCUT2D eigenvalue weighted by molar-refractivity contribution is 14.1. The van der Waals surface area contributed by atoms with E-state index in [2.05, 4.69) is 20.9 Å². The highest BCUT2D eigenvalue weighted by atomic mass is 127. The second-order valence-corrected chi connectivity index (χ2v) is 11.2. The summed E-state index contributed by atoms with van der Waals surface area (Å²) in [4.78, 5) is 33.7. The standard InChI is InChI=1S/C25H23BrIN3O4S/c1-5-34-24(33)20-13(2)28-25-30(21(20)14-6-8-17(9-7-14)29(3)4)23(32)19(35-25)11-15-10-16(26)12-18(27)22(15)31/h6-12,21,31H,5H2,1-4H3/b19-11-/t21-/m0/s1. The lowest BCUT2D eigenvalue weighted by atomic mass is 9.95. The number of hydrogen-bond donors (Lipinski definition) is 1. The summed E-state index contributed by atoms with van der Waals surface area (Å²) < 4.78 is 8.74. The molecule has 182 valence electrons. The minimum absolute atomic E-state index is 0.0962. The van der Waals surface area contributed by atoms with Gasteiger partial charge in [0.25, 0.3) is 5.56 Å². The van der Waals surface area contributed by atoms with Crippen molar-refractivity contribution < 1.29 is 14.6 Å². The zero-order valence-corrected chi connectivity index (χ0v) is 24.1. The quantitative estimate of drug-likeness (QED) is 0.329.